The summed E-state index contributed by atoms with van der Waals surface area (Å²) >= 11 is 0. The number of aromatic nitrogens is 1. The number of hydrogen-bond acceptors (Lipinski definition) is 3. The third kappa shape index (κ3) is 2.81. The van der Waals surface area contributed by atoms with Crippen molar-refractivity contribution in [1.29, 1.82) is 0 Å². The number of carbonyl (C=O) groups excluding carboxylic acids is 1. The second-order valence-electron chi connectivity index (χ2n) is 5.66. The molecule has 3 rings (SSSR count). The van der Waals surface area contributed by atoms with Crippen LogP contribution in [0.25, 0.3) is 0 Å². The number of hydrogen-bond donors (Lipinski definition) is 1. The van der Waals surface area contributed by atoms with E-state index < -0.39 is 5.97 Å². The van der Waals surface area contributed by atoms with Gasteiger partial charge >= 0.3 is 5.97 Å². The fourth-order valence-corrected chi connectivity index (χ4v) is 3.23. The molecule has 1 N–H and O–H groups in total. The predicted octanol–water partition coefficient (Wildman–Crippen LogP) is 1.53. The first kappa shape index (κ1) is 14.1. The molecule has 2 aliphatic rings. The molecule has 114 valence electrons. The van der Waals surface area contributed by atoms with Crippen LogP contribution in [-0.2, 0) is 9.53 Å². The standard InChI is InChI=1S/C15H20N2O4/c18-14(13-4-2-10-21-13)16-8-5-11(6-9-16)17-7-1-3-12(17)15(19)20/h1,3,7,11,13H,2,4-6,8-10H2,(H,19,20)/t13-/m0/s1. The summed E-state index contributed by atoms with van der Waals surface area (Å²) in [6.07, 6.45) is 4.90. The molecule has 1 atom stereocenters. The summed E-state index contributed by atoms with van der Waals surface area (Å²) in [6, 6.07) is 3.53. The molecule has 0 aliphatic carbocycles. The molecule has 0 radical (unpaired) electrons. The summed E-state index contributed by atoms with van der Waals surface area (Å²) in [5.41, 5.74) is 0.318. The number of carboxylic acids is 1. The number of carboxylic acid groups (broad SMARTS) is 1. The molecule has 6 nitrogen and oxygen atoms in total. The zero-order chi connectivity index (χ0) is 14.8. The third-order valence-corrected chi connectivity index (χ3v) is 4.37. The lowest BCUT2D eigenvalue weighted by Crippen LogP contribution is -2.44. The molecular formula is C15H20N2O4. The van der Waals surface area contributed by atoms with Crippen LogP contribution < -0.4 is 0 Å². The Labute approximate surface area is 123 Å². The van der Waals surface area contributed by atoms with Crippen LogP contribution in [0.15, 0.2) is 18.3 Å². The van der Waals surface area contributed by atoms with Crippen molar-refractivity contribution in [1.82, 2.24) is 9.47 Å². The smallest absolute Gasteiger partial charge is 0.352 e. The maximum Gasteiger partial charge on any atom is 0.352 e. The van der Waals surface area contributed by atoms with Crippen molar-refractivity contribution in [2.24, 2.45) is 0 Å². The summed E-state index contributed by atoms with van der Waals surface area (Å²) < 4.78 is 7.26. The number of amides is 1. The van der Waals surface area contributed by atoms with E-state index in [2.05, 4.69) is 0 Å². The Morgan fingerprint density at radius 3 is 2.62 bits per heavy atom. The van der Waals surface area contributed by atoms with Crippen molar-refractivity contribution in [2.45, 2.75) is 37.8 Å². The highest BCUT2D eigenvalue weighted by molar-refractivity contribution is 5.85. The van der Waals surface area contributed by atoms with Gasteiger partial charge in [-0.15, -0.1) is 0 Å². The number of nitrogens with zero attached hydrogens (tertiary/aromatic N) is 2. The molecule has 1 amide bonds. The fraction of sp³-hybridized carbons (Fsp3) is 0.600. The Morgan fingerprint density at radius 1 is 1.24 bits per heavy atom. The quantitative estimate of drug-likeness (QED) is 0.917. The zero-order valence-electron chi connectivity index (χ0n) is 11.9. The van der Waals surface area contributed by atoms with E-state index in [9.17, 15) is 9.59 Å². The average molecular weight is 292 g/mol. The Balaban J connectivity index is 1.61. The van der Waals surface area contributed by atoms with Crippen molar-refractivity contribution in [2.75, 3.05) is 19.7 Å². The molecule has 2 fully saturated rings. The zero-order valence-corrected chi connectivity index (χ0v) is 11.9. The van der Waals surface area contributed by atoms with Crippen LogP contribution in [0.5, 0.6) is 0 Å². The van der Waals surface area contributed by atoms with E-state index in [4.69, 9.17) is 9.84 Å². The maximum absolute atomic E-state index is 12.3. The van der Waals surface area contributed by atoms with Gasteiger partial charge in [0.05, 0.1) is 0 Å². The van der Waals surface area contributed by atoms with Crippen LogP contribution in [0, 0.1) is 0 Å². The second-order valence-corrected chi connectivity index (χ2v) is 5.66. The molecule has 3 heterocycles. The number of piperidine rings is 1. The van der Waals surface area contributed by atoms with E-state index in [1.54, 1.807) is 12.1 Å². The van der Waals surface area contributed by atoms with Gasteiger partial charge in [0.15, 0.2) is 0 Å². The van der Waals surface area contributed by atoms with Gasteiger partial charge in [0.1, 0.15) is 11.8 Å². The molecule has 1 aromatic rings. The number of carbonyl (C=O) groups is 2. The fourth-order valence-electron chi connectivity index (χ4n) is 3.23. The lowest BCUT2D eigenvalue weighted by Gasteiger charge is -2.34. The van der Waals surface area contributed by atoms with Gasteiger partial charge in [0.25, 0.3) is 5.91 Å². The highest BCUT2D eigenvalue weighted by Crippen LogP contribution is 2.26. The van der Waals surface area contributed by atoms with Gasteiger partial charge in [0, 0.05) is 31.9 Å². The van der Waals surface area contributed by atoms with Crippen molar-refractivity contribution in [3.63, 3.8) is 0 Å². The highest BCUT2D eigenvalue weighted by Gasteiger charge is 2.31. The van der Waals surface area contributed by atoms with Crippen molar-refractivity contribution < 1.29 is 19.4 Å². The van der Waals surface area contributed by atoms with Crippen LogP contribution in [0.4, 0.5) is 0 Å². The van der Waals surface area contributed by atoms with Crippen LogP contribution >= 0.6 is 0 Å². The molecule has 0 aromatic carbocycles. The summed E-state index contributed by atoms with van der Waals surface area (Å²) in [7, 11) is 0. The van der Waals surface area contributed by atoms with Crippen molar-refractivity contribution in [3.8, 4) is 0 Å². The van der Waals surface area contributed by atoms with E-state index in [-0.39, 0.29) is 18.1 Å². The van der Waals surface area contributed by atoms with E-state index in [0.29, 0.717) is 25.4 Å². The first-order chi connectivity index (χ1) is 10.2. The van der Waals surface area contributed by atoms with Gasteiger partial charge in [-0.25, -0.2) is 4.79 Å². The first-order valence-electron chi connectivity index (χ1n) is 7.47. The predicted molar refractivity (Wildman–Crippen MR) is 75.2 cm³/mol. The minimum absolute atomic E-state index is 0.0944. The number of rotatable bonds is 3. The highest BCUT2D eigenvalue weighted by atomic mass is 16.5. The molecule has 1 aromatic heterocycles. The molecule has 0 spiro atoms. The summed E-state index contributed by atoms with van der Waals surface area (Å²) in [4.78, 5) is 25.3. The first-order valence-corrected chi connectivity index (χ1v) is 7.47. The molecule has 0 unspecified atom stereocenters. The molecule has 6 heteroatoms. The molecular weight excluding hydrogens is 272 g/mol. The van der Waals surface area contributed by atoms with Gasteiger partial charge in [0.2, 0.25) is 0 Å². The second kappa shape index (κ2) is 5.89. The molecule has 0 saturated carbocycles. The van der Waals surface area contributed by atoms with Gasteiger partial charge in [-0.3, -0.25) is 4.79 Å². The lowest BCUT2D eigenvalue weighted by molar-refractivity contribution is -0.142. The van der Waals surface area contributed by atoms with Gasteiger partial charge in [-0.2, -0.15) is 0 Å². The maximum atomic E-state index is 12.3. The van der Waals surface area contributed by atoms with Crippen LogP contribution in [0.2, 0.25) is 0 Å². The SMILES string of the molecule is O=C(O)c1cccn1C1CCN(C(=O)[C@@H]2CCCO2)CC1. The molecule has 0 bridgehead atoms. The van der Waals surface area contributed by atoms with Crippen molar-refractivity contribution in [3.05, 3.63) is 24.0 Å². The monoisotopic (exact) mass is 292 g/mol. The minimum Gasteiger partial charge on any atom is -0.477 e. The van der Waals surface area contributed by atoms with E-state index >= 15 is 0 Å². The lowest BCUT2D eigenvalue weighted by atomic mass is 10.0. The van der Waals surface area contributed by atoms with Gasteiger partial charge in [-0.1, -0.05) is 0 Å². The molecule has 21 heavy (non-hydrogen) atoms. The normalized spacial score (nSPS) is 23.4. The summed E-state index contributed by atoms with van der Waals surface area (Å²) in [5.74, 6) is -0.810. The van der Waals surface area contributed by atoms with Gasteiger partial charge < -0.3 is 19.3 Å². The number of likely N-dealkylation sites (tertiary alicyclic amines) is 1. The number of aromatic carboxylic acids is 1. The minimum atomic E-state index is -0.905. The summed E-state index contributed by atoms with van der Waals surface area (Å²) in [5, 5.41) is 9.17. The van der Waals surface area contributed by atoms with Crippen LogP contribution in [0.1, 0.15) is 42.2 Å². The topological polar surface area (TPSA) is 71.8 Å². The van der Waals surface area contributed by atoms with Gasteiger partial charge in [-0.05, 0) is 37.8 Å². The number of ether oxygens (including phenoxy) is 1. The largest absolute Gasteiger partial charge is 0.477 e. The Bertz CT molecular complexity index is 526. The Hall–Kier alpha value is -1.82. The molecule has 2 saturated heterocycles. The summed E-state index contributed by atoms with van der Waals surface area (Å²) in [6.45, 7) is 2.01. The molecule has 2 aliphatic heterocycles. The van der Waals surface area contributed by atoms with Crippen LogP contribution in [0.3, 0.4) is 0 Å². The van der Waals surface area contributed by atoms with Crippen LogP contribution in [-0.4, -0.2) is 52.3 Å². The van der Waals surface area contributed by atoms with Crippen molar-refractivity contribution >= 4 is 11.9 Å². The Kier molecular flexibility index (Phi) is 3.96. The van der Waals surface area contributed by atoms with E-state index in [0.717, 1.165) is 25.7 Å². The van der Waals surface area contributed by atoms with E-state index in [1.165, 1.54) is 0 Å². The average Bonchev–Trinajstić information content (AvgIpc) is 3.18. The van der Waals surface area contributed by atoms with E-state index in [1.807, 2.05) is 15.7 Å². The third-order valence-electron chi connectivity index (χ3n) is 4.37. The Morgan fingerprint density at radius 2 is 2.00 bits per heavy atom.